The van der Waals surface area contributed by atoms with Crippen molar-refractivity contribution in [1.29, 1.82) is 0 Å². The molecule has 1 atom stereocenters. The molecule has 1 N–H and O–H groups in total. The van der Waals surface area contributed by atoms with Crippen molar-refractivity contribution >= 4 is 5.97 Å². The Balaban J connectivity index is 2.75. The summed E-state index contributed by atoms with van der Waals surface area (Å²) < 4.78 is 13.2. The number of alkyl halides is 1. The topological polar surface area (TPSA) is 40.5 Å². The van der Waals surface area contributed by atoms with Crippen LogP contribution in [0.5, 0.6) is 0 Å². The molecule has 0 aliphatic carbocycles. The highest BCUT2D eigenvalue weighted by atomic mass is 19.1. The number of aliphatic carboxylic acids is 1. The van der Waals surface area contributed by atoms with Crippen LogP contribution in [0.2, 0.25) is 0 Å². The van der Waals surface area contributed by atoms with Gasteiger partial charge in [-0.2, -0.15) is 0 Å². The molecule has 4 heteroatoms. The highest BCUT2D eigenvalue weighted by Crippen LogP contribution is 2.28. The Hall–Kier alpha value is -0.640. The fourth-order valence-electron chi connectivity index (χ4n) is 1.19. The van der Waals surface area contributed by atoms with Crippen LogP contribution < -0.4 is 0 Å². The van der Waals surface area contributed by atoms with Crippen molar-refractivity contribution in [1.82, 2.24) is 4.90 Å². The van der Waals surface area contributed by atoms with Crippen molar-refractivity contribution in [2.45, 2.75) is 18.6 Å². The van der Waals surface area contributed by atoms with E-state index in [1.807, 2.05) is 0 Å². The van der Waals surface area contributed by atoms with Crippen molar-refractivity contribution in [2.24, 2.45) is 0 Å². The Morgan fingerprint density at radius 2 is 2.40 bits per heavy atom. The van der Waals surface area contributed by atoms with Gasteiger partial charge in [0.15, 0.2) is 0 Å². The minimum absolute atomic E-state index is 0.110. The van der Waals surface area contributed by atoms with E-state index in [0.717, 1.165) is 0 Å². The van der Waals surface area contributed by atoms with Crippen molar-refractivity contribution < 1.29 is 14.3 Å². The fourth-order valence-corrected chi connectivity index (χ4v) is 1.19. The van der Waals surface area contributed by atoms with Gasteiger partial charge in [-0.3, -0.25) is 4.90 Å². The van der Waals surface area contributed by atoms with E-state index in [4.69, 9.17) is 5.11 Å². The van der Waals surface area contributed by atoms with Gasteiger partial charge in [0.1, 0.15) is 0 Å². The van der Waals surface area contributed by atoms with Gasteiger partial charge in [-0.05, 0) is 13.5 Å². The van der Waals surface area contributed by atoms with Crippen LogP contribution in [0, 0.1) is 0 Å². The molecule has 0 aromatic rings. The molecule has 58 valence electrons. The predicted octanol–water partition coefficient (Wildman–Crippen LogP) is 0.462. The summed E-state index contributed by atoms with van der Waals surface area (Å²) in [5, 5.41) is 8.43. The highest BCUT2D eigenvalue weighted by Gasteiger charge is 2.46. The largest absolute Gasteiger partial charge is 0.478 e. The molecule has 1 fully saturated rings. The third-order valence-corrected chi connectivity index (χ3v) is 1.93. The monoisotopic (exact) mass is 147 g/mol. The van der Waals surface area contributed by atoms with Crippen molar-refractivity contribution in [3.63, 3.8) is 0 Å². The second-order valence-electron chi connectivity index (χ2n) is 2.59. The molecular weight excluding hydrogens is 137 g/mol. The Bertz CT molecular complexity index is 162. The van der Waals surface area contributed by atoms with Gasteiger partial charge < -0.3 is 5.11 Å². The average molecular weight is 147 g/mol. The second kappa shape index (κ2) is 2.20. The average Bonchev–Trinajstić information content (AvgIpc) is 2.15. The Labute approximate surface area is 58.4 Å². The molecule has 1 saturated heterocycles. The van der Waals surface area contributed by atoms with Crippen LogP contribution in [0.15, 0.2) is 0 Å². The first kappa shape index (κ1) is 7.47. The molecule has 0 aromatic carbocycles. The molecule has 1 unspecified atom stereocenters. The Morgan fingerprint density at radius 3 is 2.60 bits per heavy atom. The summed E-state index contributed by atoms with van der Waals surface area (Å²) in [6.45, 7) is 0.531. The van der Waals surface area contributed by atoms with E-state index in [1.54, 1.807) is 0 Å². The number of halogens is 1. The third kappa shape index (κ3) is 0.883. The lowest BCUT2D eigenvalue weighted by molar-refractivity contribution is -0.160. The van der Waals surface area contributed by atoms with E-state index in [0.29, 0.717) is 13.0 Å². The van der Waals surface area contributed by atoms with Crippen LogP contribution in [0.25, 0.3) is 0 Å². The van der Waals surface area contributed by atoms with Gasteiger partial charge in [-0.1, -0.05) is 0 Å². The lowest BCUT2D eigenvalue weighted by atomic mass is 10.2. The lowest BCUT2D eigenvalue weighted by Gasteiger charge is -2.22. The van der Waals surface area contributed by atoms with Gasteiger partial charge in [0.25, 0.3) is 5.79 Å². The van der Waals surface area contributed by atoms with Crippen molar-refractivity contribution in [3.8, 4) is 0 Å². The van der Waals surface area contributed by atoms with Gasteiger partial charge in [0, 0.05) is 13.0 Å². The van der Waals surface area contributed by atoms with Crippen LogP contribution in [-0.4, -0.2) is 35.4 Å². The number of likely N-dealkylation sites (N-methyl/N-ethyl adjacent to an activating group) is 1. The van der Waals surface area contributed by atoms with Crippen molar-refractivity contribution in [3.05, 3.63) is 0 Å². The zero-order valence-electron chi connectivity index (χ0n) is 5.80. The van der Waals surface area contributed by atoms with Crippen LogP contribution in [0.1, 0.15) is 12.8 Å². The first-order valence-corrected chi connectivity index (χ1v) is 3.21. The number of likely N-dealkylation sites (tertiary alicyclic amines) is 1. The maximum Gasteiger partial charge on any atom is 0.357 e. The third-order valence-electron chi connectivity index (χ3n) is 1.93. The number of carbonyl (C=O) groups is 1. The van der Waals surface area contributed by atoms with E-state index in [2.05, 4.69) is 0 Å². The summed E-state index contributed by atoms with van der Waals surface area (Å²) >= 11 is 0. The van der Waals surface area contributed by atoms with Crippen LogP contribution in [-0.2, 0) is 4.79 Å². The minimum atomic E-state index is -2.10. The molecule has 0 amide bonds. The predicted molar refractivity (Wildman–Crippen MR) is 33.3 cm³/mol. The molecule has 1 heterocycles. The lowest BCUT2D eigenvalue weighted by Crippen LogP contribution is -2.44. The number of rotatable bonds is 1. The zero-order valence-corrected chi connectivity index (χ0v) is 5.80. The maximum absolute atomic E-state index is 13.2. The Kier molecular flexibility index (Phi) is 1.64. The van der Waals surface area contributed by atoms with E-state index in [9.17, 15) is 9.18 Å². The molecular formula is C6H10FNO2. The van der Waals surface area contributed by atoms with Gasteiger partial charge in [-0.15, -0.1) is 0 Å². The molecule has 0 aromatic heterocycles. The SMILES string of the molecule is CN1CCCC1(F)C(=O)O. The van der Waals surface area contributed by atoms with Gasteiger partial charge >= 0.3 is 5.97 Å². The second-order valence-corrected chi connectivity index (χ2v) is 2.59. The standard InChI is InChI=1S/C6H10FNO2/c1-8-4-2-3-6(8,7)5(9)10/h2-4H2,1H3,(H,9,10). The first-order chi connectivity index (χ1) is 4.57. The highest BCUT2D eigenvalue weighted by molar-refractivity contribution is 5.77. The maximum atomic E-state index is 13.2. The zero-order chi connectivity index (χ0) is 7.78. The molecule has 0 radical (unpaired) electrons. The molecule has 10 heavy (non-hydrogen) atoms. The van der Waals surface area contributed by atoms with E-state index in [-0.39, 0.29) is 6.42 Å². The molecule has 1 rings (SSSR count). The van der Waals surface area contributed by atoms with Gasteiger partial charge in [-0.25, -0.2) is 9.18 Å². The minimum Gasteiger partial charge on any atom is -0.478 e. The van der Waals surface area contributed by atoms with E-state index in [1.165, 1.54) is 11.9 Å². The van der Waals surface area contributed by atoms with Crippen molar-refractivity contribution in [2.75, 3.05) is 13.6 Å². The summed E-state index contributed by atoms with van der Waals surface area (Å²) in [7, 11) is 1.49. The van der Waals surface area contributed by atoms with E-state index < -0.39 is 11.8 Å². The summed E-state index contributed by atoms with van der Waals surface area (Å²) in [6.07, 6.45) is 0.734. The van der Waals surface area contributed by atoms with Gasteiger partial charge in [0.2, 0.25) is 0 Å². The number of carboxylic acid groups (broad SMARTS) is 1. The number of nitrogens with zero attached hydrogens (tertiary/aromatic N) is 1. The summed E-state index contributed by atoms with van der Waals surface area (Å²) in [5.41, 5.74) is 0. The number of hydrogen-bond acceptors (Lipinski definition) is 2. The fraction of sp³-hybridized carbons (Fsp3) is 0.833. The normalized spacial score (nSPS) is 34.6. The van der Waals surface area contributed by atoms with Crippen LogP contribution in [0.4, 0.5) is 4.39 Å². The smallest absolute Gasteiger partial charge is 0.357 e. The quantitative estimate of drug-likeness (QED) is 0.548. The molecule has 0 spiro atoms. The summed E-state index contributed by atoms with van der Waals surface area (Å²) in [5.74, 6) is -3.47. The summed E-state index contributed by atoms with van der Waals surface area (Å²) in [4.78, 5) is 11.5. The molecule has 0 bridgehead atoms. The molecule has 1 aliphatic rings. The molecule has 3 nitrogen and oxygen atoms in total. The van der Waals surface area contributed by atoms with E-state index >= 15 is 0 Å². The Morgan fingerprint density at radius 1 is 1.80 bits per heavy atom. The first-order valence-electron chi connectivity index (χ1n) is 3.21. The number of hydrogen-bond donors (Lipinski definition) is 1. The van der Waals surface area contributed by atoms with Crippen LogP contribution >= 0.6 is 0 Å². The van der Waals surface area contributed by atoms with Crippen LogP contribution in [0.3, 0.4) is 0 Å². The molecule has 0 saturated carbocycles. The summed E-state index contributed by atoms with van der Waals surface area (Å²) in [6, 6.07) is 0. The molecule has 1 aliphatic heterocycles. The number of carboxylic acids is 1. The van der Waals surface area contributed by atoms with Gasteiger partial charge in [0.05, 0.1) is 0 Å².